The maximum atomic E-state index is 12.3. The van der Waals surface area contributed by atoms with Crippen molar-refractivity contribution in [3.8, 4) is 5.75 Å². The Morgan fingerprint density at radius 1 is 1.36 bits per heavy atom. The monoisotopic (exact) mass is 340 g/mol. The van der Waals surface area contributed by atoms with E-state index in [0.717, 1.165) is 11.3 Å². The van der Waals surface area contributed by atoms with E-state index >= 15 is 0 Å². The minimum atomic E-state index is -0.583. The van der Waals surface area contributed by atoms with E-state index in [1.165, 1.54) is 25.3 Å². The molecule has 8 heteroatoms. The van der Waals surface area contributed by atoms with Crippen molar-refractivity contribution in [2.45, 2.75) is 13.5 Å². The molecule has 0 radical (unpaired) electrons. The van der Waals surface area contributed by atoms with Crippen molar-refractivity contribution < 1.29 is 14.5 Å². The number of nitro groups is 1. The van der Waals surface area contributed by atoms with Crippen LogP contribution in [0.5, 0.6) is 5.75 Å². The maximum Gasteiger partial charge on any atom is 0.311 e. The second kappa shape index (κ2) is 6.60. The summed E-state index contributed by atoms with van der Waals surface area (Å²) in [6.45, 7) is 2.19. The van der Waals surface area contributed by atoms with E-state index in [2.05, 4.69) is 10.3 Å². The Balaban J connectivity index is 1.76. The highest BCUT2D eigenvalue weighted by Gasteiger charge is 2.18. The third-order valence-corrected chi connectivity index (χ3v) is 3.81. The maximum absolute atomic E-state index is 12.3. The van der Waals surface area contributed by atoms with Crippen molar-refractivity contribution in [2.24, 2.45) is 0 Å². The summed E-state index contributed by atoms with van der Waals surface area (Å²) in [7, 11) is 1.34. The highest BCUT2D eigenvalue weighted by molar-refractivity contribution is 5.95. The molecule has 0 aliphatic heterocycles. The fourth-order valence-electron chi connectivity index (χ4n) is 2.53. The number of nitrogens with one attached hydrogen (secondary N) is 1. The number of fused-ring (bicyclic) bond motifs is 1. The molecule has 0 aliphatic carbocycles. The number of imidazole rings is 1. The first-order valence-corrected chi connectivity index (χ1v) is 7.54. The summed E-state index contributed by atoms with van der Waals surface area (Å²) in [6.07, 6.45) is 1.85. The lowest BCUT2D eigenvalue weighted by molar-refractivity contribution is -0.385. The highest BCUT2D eigenvalue weighted by Crippen LogP contribution is 2.27. The number of hydrogen-bond donors (Lipinski definition) is 1. The first-order chi connectivity index (χ1) is 12.0. The van der Waals surface area contributed by atoms with Gasteiger partial charge in [-0.25, -0.2) is 4.98 Å². The first kappa shape index (κ1) is 16.4. The minimum Gasteiger partial charge on any atom is -0.490 e. The van der Waals surface area contributed by atoms with Crippen LogP contribution in [0.4, 0.5) is 5.69 Å². The van der Waals surface area contributed by atoms with Gasteiger partial charge in [-0.15, -0.1) is 0 Å². The van der Waals surface area contributed by atoms with Crippen molar-refractivity contribution in [1.29, 1.82) is 0 Å². The second-order valence-corrected chi connectivity index (χ2v) is 5.45. The topological polar surface area (TPSA) is 98.8 Å². The summed E-state index contributed by atoms with van der Waals surface area (Å²) >= 11 is 0. The molecule has 1 N–H and O–H groups in total. The van der Waals surface area contributed by atoms with Crippen LogP contribution in [0.15, 0.2) is 42.6 Å². The molecule has 3 rings (SSSR count). The number of amides is 1. The first-order valence-electron chi connectivity index (χ1n) is 7.54. The summed E-state index contributed by atoms with van der Waals surface area (Å²) in [5, 5.41) is 13.8. The normalized spacial score (nSPS) is 10.6. The van der Waals surface area contributed by atoms with Crippen molar-refractivity contribution in [3.63, 3.8) is 0 Å². The number of pyridine rings is 1. The van der Waals surface area contributed by atoms with E-state index in [0.29, 0.717) is 5.69 Å². The smallest absolute Gasteiger partial charge is 0.311 e. The molecule has 0 atom stereocenters. The molecule has 0 spiro atoms. The molecule has 128 valence electrons. The average molecular weight is 340 g/mol. The zero-order chi connectivity index (χ0) is 18.0. The predicted octanol–water partition coefficient (Wildman–Crippen LogP) is 2.49. The van der Waals surface area contributed by atoms with Gasteiger partial charge in [-0.05, 0) is 31.2 Å². The van der Waals surface area contributed by atoms with Gasteiger partial charge in [0.25, 0.3) is 5.91 Å². The van der Waals surface area contributed by atoms with Gasteiger partial charge in [0.1, 0.15) is 5.65 Å². The van der Waals surface area contributed by atoms with Crippen LogP contribution in [0.1, 0.15) is 21.7 Å². The van der Waals surface area contributed by atoms with Crippen LogP contribution in [-0.4, -0.2) is 27.3 Å². The van der Waals surface area contributed by atoms with Crippen molar-refractivity contribution in [1.82, 2.24) is 14.7 Å². The number of hydrogen-bond acceptors (Lipinski definition) is 5. The standard InChI is InChI=1S/C17H16N4O4/c1-11-4-3-5-16-19-13(10-20(11)16)9-18-17(22)12-6-7-15(25-2)14(8-12)21(23)24/h3-8,10H,9H2,1-2H3,(H,18,22). The van der Waals surface area contributed by atoms with Crippen LogP contribution in [0.25, 0.3) is 5.65 Å². The number of methoxy groups -OCH3 is 1. The van der Waals surface area contributed by atoms with Gasteiger partial charge in [0, 0.05) is 23.5 Å². The largest absolute Gasteiger partial charge is 0.490 e. The lowest BCUT2D eigenvalue weighted by Crippen LogP contribution is -2.23. The Labute approximate surface area is 143 Å². The fraction of sp³-hybridized carbons (Fsp3) is 0.176. The quantitative estimate of drug-likeness (QED) is 0.568. The number of nitrogens with zero attached hydrogens (tertiary/aromatic N) is 3. The molecule has 0 saturated carbocycles. The Hall–Kier alpha value is -3.42. The molecule has 0 unspecified atom stereocenters. The SMILES string of the molecule is COc1ccc(C(=O)NCc2cn3c(C)cccc3n2)cc1[N+](=O)[O-]. The van der Waals surface area contributed by atoms with Crippen molar-refractivity contribution in [2.75, 3.05) is 7.11 Å². The average Bonchev–Trinajstić information content (AvgIpc) is 3.03. The molecular weight excluding hydrogens is 324 g/mol. The number of nitro benzene ring substituents is 1. The molecule has 8 nitrogen and oxygen atoms in total. The molecule has 2 heterocycles. The number of benzene rings is 1. The van der Waals surface area contributed by atoms with Crippen LogP contribution < -0.4 is 10.1 Å². The minimum absolute atomic E-state index is 0.109. The van der Waals surface area contributed by atoms with E-state index in [1.807, 2.05) is 35.7 Å². The Kier molecular flexibility index (Phi) is 4.34. The van der Waals surface area contributed by atoms with Crippen LogP contribution in [0.3, 0.4) is 0 Å². The summed E-state index contributed by atoms with van der Waals surface area (Å²) in [4.78, 5) is 27.2. The third-order valence-electron chi connectivity index (χ3n) is 3.81. The lowest BCUT2D eigenvalue weighted by atomic mass is 10.1. The Morgan fingerprint density at radius 3 is 2.84 bits per heavy atom. The molecule has 3 aromatic rings. The molecule has 0 fully saturated rings. The second-order valence-electron chi connectivity index (χ2n) is 5.45. The number of ether oxygens (including phenoxy) is 1. The molecule has 0 bridgehead atoms. The molecule has 0 saturated heterocycles. The summed E-state index contributed by atoms with van der Waals surface area (Å²) in [5.74, 6) is -0.308. The fourth-order valence-corrected chi connectivity index (χ4v) is 2.53. The zero-order valence-electron chi connectivity index (χ0n) is 13.7. The Bertz CT molecular complexity index is 964. The van der Waals surface area contributed by atoms with Gasteiger partial charge in [-0.3, -0.25) is 14.9 Å². The lowest BCUT2D eigenvalue weighted by Gasteiger charge is -2.05. The van der Waals surface area contributed by atoms with E-state index in [4.69, 9.17) is 4.74 Å². The molecule has 0 aliphatic rings. The number of aryl methyl sites for hydroxylation is 1. The van der Waals surface area contributed by atoms with Gasteiger partial charge in [0.05, 0.1) is 24.3 Å². The third kappa shape index (κ3) is 3.27. The van der Waals surface area contributed by atoms with E-state index in [-0.39, 0.29) is 23.5 Å². The molecule has 1 aromatic carbocycles. The van der Waals surface area contributed by atoms with Crippen LogP contribution >= 0.6 is 0 Å². The van der Waals surface area contributed by atoms with Gasteiger partial charge < -0.3 is 14.5 Å². The van der Waals surface area contributed by atoms with Gasteiger partial charge in [-0.1, -0.05) is 6.07 Å². The number of aromatic nitrogens is 2. The summed E-state index contributed by atoms with van der Waals surface area (Å²) in [6, 6.07) is 9.84. The van der Waals surface area contributed by atoms with Gasteiger partial charge in [-0.2, -0.15) is 0 Å². The Morgan fingerprint density at radius 2 is 2.16 bits per heavy atom. The predicted molar refractivity (Wildman–Crippen MR) is 90.7 cm³/mol. The van der Waals surface area contributed by atoms with Crippen LogP contribution in [0.2, 0.25) is 0 Å². The van der Waals surface area contributed by atoms with E-state index in [9.17, 15) is 14.9 Å². The van der Waals surface area contributed by atoms with Gasteiger partial charge in [0.2, 0.25) is 0 Å². The summed E-state index contributed by atoms with van der Waals surface area (Å²) in [5.41, 5.74) is 2.47. The molecular formula is C17H16N4O4. The van der Waals surface area contributed by atoms with Gasteiger partial charge in [0.15, 0.2) is 5.75 Å². The number of carbonyl (C=O) groups excluding carboxylic acids is 1. The van der Waals surface area contributed by atoms with Crippen LogP contribution in [0, 0.1) is 17.0 Å². The number of carbonyl (C=O) groups is 1. The van der Waals surface area contributed by atoms with Crippen molar-refractivity contribution >= 4 is 17.2 Å². The van der Waals surface area contributed by atoms with E-state index in [1.54, 1.807) is 0 Å². The summed E-state index contributed by atoms with van der Waals surface area (Å²) < 4.78 is 6.86. The van der Waals surface area contributed by atoms with Crippen LogP contribution in [-0.2, 0) is 6.54 Å². The highest BCUT2D eigenvalue weighted by atomic mass is 16.6. The molecule has 25 heavy (non-hydrogen) atoms. The molecule has 2 aromatic heterocycles. The zero-order valence-corrected chi connectivity index (χ0v) is 13.7. The van der Waals surface area contributed by atoms with E-state index < -0.39 is 10.8 Å². The number of rotatable bonds is 5. The van der Waals surface area contributed by atoms with Crippen molar-refractivity contribution in [3.05, 3.63) is 69.7 Å². The molecule has 1 amide bonds. The van der Waals surface area contributed by atoms with Gasteiger partial charge >= 0.3 is 5.69 Å².